The van der Waals surface area contributed by atoms with Gasteiger partial charge in [0, 0.05) is 18.7 Å². The molecule has 0 unspecified atom stereocenters. The van der Waals surface area contributed by atoms with Crippen molar-refractivity contribution in [1.29, 1.82) is 0 Å². The molecule has 0 atom stereocenters. The molecule has 0 aromatic carbocycles. The van der Waals surface area contributed by atoms with Gasteiger partial charge in [0.15, 0.2) is 0 Å². The largest absolute Gasteiger partial charge is 0.341 e. The van der Waals surface area contributed by atoms with E-state index in [1.807, 2.05) is 0 Å². The minimum Gasteiger partial charge on any atom is -0.341 e. The molecule has 0 spiro atoms. The third kappa shape index (κ3) is 1.37. The normalized spacial score (nSPS) is 12.6. The summed E-state index contributed by atoms with van der Waals surface area (Å²) in [6.45, 7) is 6.60. The predicted molar refractivity (Wildman–Crippen MR) is 57.3 cm³/mol. The zero-order chi connectivity index (χ0) is 9.64. The van der Waals surface area contributed by atoms with Crippen molar-refractivity contribution in [3.63, 3.8) is 0 Å². The van der Waals surface area contributed by atoms with Crippen LogP contribution in [0.15, 0.2) is 12.3 Å². The van der Waals surface area contributed by atoms with Gasteiger partial charge in [0.25, 0.3) is 0 Å². The van der Waals surface area contributed by atoms with Gasteiger partial charge in [-0.3, -0.25) is 0 Å². The lowest BCUT2D eigenvalue weighted by atomic mass is 9.98. The maximum Gasteiger partial charge on any atom is 0.123 e. The van der Waals surface area contributed by atoms with Crippen LogP contribution in [-0.4, -0.2) is 9.55 Å². The van der Waals surface area contributed by atoms with Crippen molar-refractivity contribution in [2.24, 2.45) is 7.05 Å². The van der Waals surface area contributed by atoms with E-state index in [1.165, 1.54) is 9.84 Å². The highest BCUT2D eigenvalue weighted by atomic mass is 32.1. The van der Waals surface area contributed by atoms with Crippen molar-refractivity contribution in [2.75, 3.05) is 0 Å². The third-order valence-corrected chi connectivity index (χ3v) is 3.64. The van der Waals surface area contributed by atoms with Gasteiger partial charge in [-0.1, -0.05) is 32.1 Å². The second-order valence-corrected chi connectivity index (χ2v) is 5.36. The van der Waals surface area contributed by atoms with Crippen molar-refractivity contribution < 1.29 is 0 Å². The minimum atomic E-state index is 0.170. The number of aryl methyl sites for hydroxylation is 1. The Labute approximate surface area is 82.2 Å². The maximum absolute atomic E-state index is 4.60. The number of rotatable bonds is 0. The van der Waals surface area contributed by atoms with Crippen LogP contribution in [0.3, 0.4) is 0 Å². The SMILES string of the molecule is Cn1ccc2nc(C(C)(C)C)sc21. The summed E-state index contributed by atoms with van der Waals surface area (Å²) >= 11 is 1.79. The van der Waals surface area contributed by atoms with Crippen LogP contribution in [0.2, 0.25) is 0 Å². The fourth-order valence-electron chi connectivity index (χ4n) is 1.26. The van der Waals surface area contributed by atoms with Crippen molar-refractivity contribution in [3.8, 4) is 0 Å². The Balaban J connectivity index is 2.63. The average Bonchev–Trinajstić information content (AvgIpc) is 2.51. The van der Waals surface area contributed by atoms with Crippen molar-refractivity contribution in [2.45, 2.75) is 26.2 Å². The highest BCUT2D eigenvalue weighted by Crippen LogP contribution is 2.30. The fraction of sp³-hybridized carbons (Fsp3) is 0.500. The van der Waals surface area contributed by atoms with E-state index in [4.69, 9.17) is 0 Å². The van der Waals surface area contributed by atoms with Crippen LogP contribution in [0.4, 0.5) is 0 Å². The summed E-state index contributed by atoms with van der Waals surface area (Å²) in [6.07, 6.45) is 2.06. The molecule has 2 aromatic heterocycles. The third-order valence-electron chi connectivity index (χ3n) is 2.05. The molecule has 0 saturated carbocycles. The van der Waals surface area contributed by atoms with Gasteiger partial charge < -0.3 is 4.57 Å². The molecular formula is C10H14N2S. The zero-order valence-corrected chi connectivity index (χ0v) is 9.27. The van der Waals surface area contributed by atoms with Gasteiger partial charge in [0.1, 0.15) is 9.84 Å². The van der Waals surface area contributed by atoms with Gasteiger partial charge in [-0.15, -0.1) is 0 Å². The molecule has 0 aliphatic rings. The molecule has 3 heteroatoms. The zero-order valence-electron chi connectivity index (χ0n) is 8.46. The number of fused-ring (bicyclic) bond motifs is 1. The van der Waals surface area contributed by atoms with Gasteiger partial charge in [0.2, 0.25) is 0 Å². The van der Waals surface area contributed by atoms with Gasteiger partial charge in [-0.2, -0.15) is 0 Å². The molecule has 2 rings (SSSR count). The first-order valence-corrected chi connectivity index (χ1v) is 5.22. The highest BCUT2D eigenvalue weighted by Gasteiger charge is 2.19. The van der Waals surface area contributed by atoms with Crippen LogP contribution >= 0.6 is 11.3 Å². The van der Waals surface area contributed by atoms with Crippen LogP contribution in [-0.2, 0) is 12.5 Å². The molecule has 2 heterocycles. The monoisotopic (exact) mass is 194 g/mol. The number of hydrogen-bond donors (Lipinski definition) is 0. The first kappa shape index (κ1) is 8.75. The summed E-state index contributed by atoms with van der Waals surface area (Å²) in [5.74, 6) is 0. The Kier molecular flexibility index (Phi) is 1.74. The molecule has 2 nitrogen and oxygen atoms in total. The number of nitrogens with zero attached hydrogens (tertiary/aromatic N) is 2. The van der Waals surface area contributed by atoms with Crippen LogP contribution in [0.5, 0.6) is 0 Å². The van der Waals surface area contributed by atoms with E-state index in [1.54, 1.807) is 11.3 Å². The first-order valence-electron chi connectivity index (χ1n) is 4.41. The molecule has 70 valence electrons. The predicted octanol–water partition coefficient (Wildman–Crippen LogP) is 2.93. The second kappa shape index (κ2) is 2.58. The Hall–Kier alpha value is -0.830. The van der Waals surface area contributed by atoms with E-state index in [-0.39, 0.29) is 5.41 Å². The lowest BCUT2D eigenvalue weighted by Gasteiger charge is -2.13. The lowest BCUT2D eigenvalue weighted by molar-refractivity contribution is 0.587. The van der Waals surface area contributed by atoms with Gasteiger partial charge in [-0.25, -0.2) is 4.98 Å². The average molecular weight is 194 g/mol. The molecule has 0 radical (unpaired) electrons. The Morgan fingerprint density at radius 2 is 2.08 bits per heavy atom. The molecule has 0 N–H and O–H groups in total. The molecule has 0 saturated heterocycles. The summed E-state index contributed by atoms with van der Waals surface area (Å²) in [5.41, 5.74) is 1.29. The summed E-state index contributed by atoms with van der Waals surface area (Å²) < 4.78 is 2.13. The summed E-state index contributed by atoms with van der Waals surface area (Å²) in [5, 5.41) is 1.22. The quantitative estimate of drug-likeness (QED) is 0.630. The Morgan fingerprint density at radius 1 is 1.38 bits per heavy atom. The molecule has 13 heavy (non-hydrogen) atoms. The smallest absolute Gasteiger partial charge is 0.123 e. The van der Waals surface area contributed by atoms with Crippen LogP contribution < -0.4 is 0 Å². The van der Waals surface area contributed by atoms with Crippen molar-refractivity contribution >= 4 is 21.7 Å². The molecule has 0 aliphatic heterocycles. The number of aromatic nitrogens is 2. The Bertz CT molecular complexity index is 431. The maximum atomic E-state index is 4.60. The standard InChI is InChI=1S/C10H14N2S/c1-10(2,3)9-11-7-5-6-12(4)8(7)13-9/h5-6H,1-4H3. The molecular weight excluding hydrogens is 180 g/mol. The van der Waals surface area contributed by atoms with Crippen LogP contribution in [0.25, 0.3) is 10.3 Å². The van der Waals surface area contributed by atoms with E-state index >= 15 is 0 Å². The van der Waals surface area contributed by atoms with Crippen LogP contribution in [0, 0.1) is 0 Å². The summed E-state index contributed by atoms with van der Waals surface area (Å²) in [7, 11) is 2.06. The van der Waals surface area contributed by atoms with E-state index in [0.717, 1.165) is 5.52 Å². The minimum absolute atomic E-state index is 0.170. The second-order valence-electron chi connectivity index (χ2n) is 4.39. The van der Waals surface area contributed by atoms with Gasteiger partial charge in [0.05, 0.1) is 5.52 Å². The van der Waals surface area contributed by atoms with Crippen molar-refractivity contribution in [3.05, 3.63) is 17.3 Å². The fourth-order valence-corrected chi connectivity index (χ4v) is 2.31. The Morgan fingerprint density at radius 3 is 2.62 bits per heavy atom. The molecule has 0 amide bonds. The van der Waals surface area contributed by atoms with E-state index in [0.29, 0.717) is 0 Å². The van der Waals surface area contributed by atoms with Crippen molar-refractivity contribution in [1.82, 2.24) is 9.55 Å². The first-order chi connectivity index (χ1) is 5.98. The van der Waals surface area contributed by atoms with Gasteiger partial charge in [-0.05, 0) is 6.07 Å². The van der Waals surface area contributed by atoms with E-state index in [9.17, 15) is 0 Å². The molecule has 0 aliphatic carbocycles. The number of hydrogen-bond acceptors (Lipinski definition) is 2. The summed E-state index contributed by atoms with van der Waals surface area (Å²) in [4.78, 5) is 5.87. The lowest BCUT2D eigenvalue weighted by Crippen LogP contribution is -2.09. The molecule has 0 fully saturated rings. The summed E-state index contributed by atoms with van der Waals surface area (Å²) in [6, 6.07) is 2.07. The molecule has 2 aromatic rings. The number of thiazole rings is 1. The molecule has 0 bridgehead atoms. The van der Waals surface area contributed by atoms with E-state index < -0.39 is 0 Å². The van der Waals surface area contributed by atoms with Crippen LogP contribution in [0.1, 0.15) is 25.8 Å². The van der Waals surface area contributed by atoms with Gasteiger partial charge >= 0.3 is 0 Å². The topological polar surface area (TPSA) is 17.8 Å². The van der Waals surface area contributed by atoms with E-state index in [2.05, 4.69) is 49.6 Å². The highest BCUT2D eigenvalue weighted by molar-refractivity contribution is 7.18.